The summed E-state index contributed by atoms with van der Waals surface area (Å²) in [6.45, 7) is 8.21. The summed E-state index contributed by atoms with van der Waals surface area (Å²) in [5.41, 5.74) is 5.19. The molecule has 1 fully saturated rings. The topological polar surface area (TPSA) is 55.6 Å². The van der Waals surface area contributed by atoms with E-state index in [0.29, 0.717) is 13.0 Å². The van der Waals surface area contributed by atoms with Gasteiger partial charge in [-0.3, -0.25) is 4.79 Å². The van der Waals surface area contributed by atoms with Crippen LogP contribution in [0.15, 0.2) is 0 Å². The molecule has 0 amide bonds. The number of unbranched alkanes of at least 4 members (excludes halogenated alkanes) is 1. The fourth-order valence-electron chi connectivity index (χ4n) is 2.05. The monoisotopic (exact) mass is 256 g/mol. The number of rotatable bonds is 9. The maximum atomic E-state index is 11.7. The Kier molecular flexibility index (Phi) is 6.09. The van der Waals surface area contributed by atoms with Crippen molar-refractivity contribution in [3.8, 4) is 0 Å². The fraction of sp³-hybridized carbons (Fsp3) is 0.929. The van der Waals surface area contributed by atoms with E-state index < -0.39 is 5.54 Å². The van der Waals surface area contributed by atoms with Crippen molar-refractivity contribution in [2.24, 2.45) is 5.73 Å². The molecule has 0 aromatic carbocycles. The summed E-state index contributed by atoms with van der Waals surface area (Å²) in [7, 11) is 0. The van der Waals surface area contributed by atoms with Crippen LogP contribution in [0.4, 0.5) is 0 Å². The van der Waals surface area contributed by atoms with E-state index in [-0.39, 0.29) is 5.97 Å². The smallest absolute Gasteiger partial charge is 0.325 e. The number of carbonyl (C=O) groups is 1. The van der Waals surface area contributed by atoms with E-state index in [0.717, 1.165) is 19.1 Å². The van der Waals surface area contributed by atoms with Crippen LogP contribution in [0.25, 0.3) is 0 Å². The van der Waals surface area contributed by atoms with Crippen molar-refractivity contribution in [2.75, 3.05) is 19.7 Å². The van der Waals surface area contributed by atoms with E-state index >= 15 is 0 Å². The molecule has 0 bridgehead atoms. The van der Waals surface area contributed by atoms with Gasteiger partial charge < -0.3 is 15.4 Å². The molecule has 106 valence electrons. The second-order valence-corrected chi connectivity index (χ2v) is 5.51. The number of nitrogens with zero attached hydrogens (tertiary/aromatic N) is 1. The molecule has 0 aliphatic heterocycles. The third-order valence-corrected chi connectivity index (χ3v) is 3.52. The summed E-state index contributed by atoms with van der Waals surface area (Å²) >= 11 is 0. The Balaban J connectivity index is 2.37. The Labute approximate surface area is 111 Å². The first-order valence-corrected chi connectivity index (χ1v) is 7.21. The van der Waals surface area contributed by atoms with Crippen LogP contribution in [0.5, 0.6) is 0 Å². The van der Waals surface area contributed by atoms with Crippen LogP contribution in [0.3, 0.4) is 0 Å². The zero-order valence-corrected chi connectivity index (χ0v) is 12.1. The van der Waals surface area contributed by atoms with Gasteiger partial charge in [0, 0.05) is 12.6 Å². The van der Waals surface area contributed by atoms with Crippen molar-refractivity contribution >= 4 is 5.97 Å². The largest absolute Gasteiger partial charge is 0.465 e. The van der Waals surface area contributed by atoms with Gasteiger partial charge in [0.15, 0.2) is 0 Å². The van der Waals surface area contributed by atoms with Crippen molar-refractivity contribution in [1.29, 1.82) is 0 Å². The van der Waals surface area contributed by atoms with Gasteiger partial charge in [0.2, 0.25) is 0 Å². The molecule has 2 N–H and O–H groups in total. The molecule has 18 heavy (non-hydrogen) atoms. The van der Waals surface area contributed by atoms with Gasteiger partial charge in [-0.2, -0.15) is 0 Å². The van der Waals surface area contributed by atoms with Gasteiger partial charge in [-0.25, -0.2) is 0 Å². The lowest BCUT2D eigenvalue weighted by molar-refractivity contribution is -0.149. The highest BCUT2D eigenvalue weighted by Crippen LogP contribution is 2.28. The van der Waals surface area contributed by atoms with E-state index in [1.165, 1.54) is 25.7 Å². The predicted molar refractivity (Wildman–Crippen MR) is 73.3 cm³/mol. The lowest BCUT2D eigenvalue weighted by Crippen LogP contribution is -2.48. The molecule has 1 unspecified atom stereocenters. The summed E-state index contributed by atoms with van der Waals surface area (Å²) in [4.78, 5) is 14.2. The average molecular weight is 256 g/mol. The molecule has 1 aliphatic rings. The third kappa shape index (κ3) is 4.94. The van der Waals surface area contributed by atoms with Gasteiger partial charge in [-0.05, 0) is 46.1 Å². The van der Waals surface area contributed by atoms with Gasteiger partial charge in [-0.15, -0.1) is 0 Å². The molecule has 0 spiro atoms. The third-order valence-electron chi connectivity index (χ3n) is 3.52. The molecule has 0 radical (unpaired) electrons. The summed E-state index contributed by atoms with van der Waals surface area (Å²) in [6.07, 6.45) is 5.69. The van der Waals surface area contributed by atoms with E-state index in [2.05, 4.69) is 11.8 Å². The molecule has 1 atom stereocenters. The number of hydrogen-bond donors (Lipinski definition) is 1. The highest BCUT2D eigenvalue weighted by Gasteiger charge is 2.33. The van der Waals surface area contributed by atoms with Crippen LogP contribution >= 0.6 is 0 Å². The zero-order chi connectivity index (χ0) is 13.6. The minimum absolute atomic E-state index is 0.281. The van der Waals surface area contributed by atoms with Crippen molar-refractivity contribution in [1.82, 2.24) is 4.90 Å². The predicted octanol–water partition coefficient (Wildman–Crippen LogP) is 1.92. The first-order chi connectivity index (χ1) is 8.51. The van der Waals surface area contributed by atoms with E-state index in [1.807, 2.05) is 6.92 Å². The molecule has 4 heteroatoms. The normalized spacial score (nSPS) is 18.7. The van der Waals surface area contributed by atoms with Crippen molar-refractivity contribution in [2.45, 2.75) is 64.5 Å². The summed E-state index contributed by atoms with van der Waals surface area (Å²) in [5, 5.41) is 0. The molecule has 0 aromatic heterocycles. The van der Waals surface area contributed by atoms with Gasteiger partial charge in [-0.1, -0.05) is 13.3 Å². The van der Waals surface area contributed by atoms with Crippen molar-refractivity contribution in [3.63, 3.8) is 0 Å². The van der Waals surface area contributed by atoms with Gasteiger partial charge in [0.05, 0.1) is 6.61 Å². The lowest BCUT2D eigenvalue weighted by atomic mass is 9.99. The minimum atomic E-state index is -0.852. The maximum absolute atomic E-state index is 11.7. The number of carbonyl (C=O) groups excluding carboxylic acids is 1. The SMILES string of the molecule is CCCCN(CCC(C)(N)C(=O)OCC)C1CC1. The molecule has 4 nitrogen and oxygen atoms in total. The fourth-order valence-corrected chi connectivity index (χ4v) is 2.05. The summed E-state index contributed by atoms with van der Waals surface area (Å²) in [6, 6.07) is 0.731. The van der Waals surface area contributed by atoms with Gasteiger partial charge in [0.1, 0.15) is 5.54 Å². The summed E-state index contributed by atoms with van der Waals surface area (Å²) in [5.74, 6) is -0.281. The van der Waals surface area contributed by atoms with E-state index in [4.69, 9.17) is 10.5 Å². The Morgan fingerprint density at radius 1 is 1.39 bits per heavy atom. The number of nitrogens with two attached hydrogens (primary N) is 1. The second-order valence-electron chi connectivity index (χ2n) is 5.51. The van der Waals surface area contributed by atoms with Gasteiger partial charge in [0.25, 0.3) is 0 Å². The van der Waals surface area contributed by atoms with Crippen LogP contribution in [0.2, 0.25) is 0 Å². The van der Waals surface area contributed by atoms with Crippen LogP contribution in [0.1, 0.15) is 52.9 Å². The van der Waals surface area contributed by atoms with Crippen LogP contribution in [-0.2, 0) is 9.53 Å². The first-order valence-electron chi connectivity index (χ1n) is 7.21. The Hall–Kier alpha value is -0.610. The van der Waals surface area contributed by atoms with Crippen molar-refractivity contribution in [3.05, 3.63) is 0 Å². The number of hydrogen-bond acceptors (Lipinski definition) is 4. The molecule has 1 saturated carbocycles. The Morgan fingerprint density at radius 2 is 2.06 bits per heavy atom. The molecule has 0 saturated heterocycles. The van der Waals surface area contributed by atoms with E-state index in [1.54, 1.807) is 6.92 Å². The highest BCUT2D eigenvalue weighted by atomic mass is 16.5. The quantitative estimate of drug-likeness (QED) is 0.640. The molecule has 1 rings (SSSR count). The molecule has 1 aliphatic carbocycles. The minimum Gasteiger partial charge on any atom is -0.465 e. The molecule has 0 heterocycles. The Morgan fingerprint density at radius 3 is 2.56 bits per heavy atom. The van der Waals surface area contributed by atoms with Crippen LogP contribution < -0.4 is 5.73 Å². The highest BCUT2D eigenvalue weighted by molar-refractivity contribution is 5.79. The second kappa shape index (κ2) is 7.10. The van der Waals surface area contributed by atoms with Crippen LogP contribution in [-0.4, -0.2) is 42.1 Å². The van der Waals surface area contributed by atoms with Gasteiger partial charge >= 0.3 is 5.97 Å². The summed E-state index contributed by atoms with van der Waals surface area (Å²) < 4.78 is 5.01. The molecule has 0 aromatic rings. The molecular weight excluding hydrogens is 228 g/mol. The van der Waals surface area contributed by atoms with Crippen molar-refractivity contribution < 1.29 is 9.53 Å². The number of esters is 1. The molecular formula is C14H28N2O2. The van der Waals surface area contributed by atoms with E-state index in [9.17, 15) is 4.79 Å². The number of ether oxygens (including phenoxy) is 1. The standard InChI is InChI=1S/C14H28N2O2/c1-4-6-10-16(12-7-8-12)11-9-14(3,15)13(17)18-5-2/h12H,4-11,15H2,1-3H3. The lowest BCUT2D eigenvalue weighted by Gasteiger charge is -2.27. The maximum Gasteiger partial charge on any atom is 0.325 e. The zero-order valence-electron chi connectivity index (χ0n) is 12.1. The Bertz CT molecular complexity index is 263. The first kappa shape index (κ1) is 15.4. The average Bonchev–Trinajstić information content (AvgIpc) is 3.13. The van der Waals surface area contributed by atoms with Crippen LogP contribution in [0, 0.1) is 0 Å².